The summed E-state index contributed by atoms with van der Waals surface area (Å²) in [5.74, 6) is -0.884. The van der Waals surface area contributed by atoms with Crippen LogP contribution in [0.5, 0.6) is 0 Å². The van der Waals surface area contributed by atoms with Crippen molar-refractivity contribution in [2.24, 2.45) is 10.7 Å². The second-order valence-electron chi connectivity index (χ2n) is 6.00. The molecule has 4 heteroatoms. The number of hydrogen-bond acceptors (Lipinski definition) is 3. The molecular weight excluding hydrogens is 324 g/mol. The summed E-state index contributed by atoms with van der Waals surface area (Å²) in [4.78, 5) is 15.6. The number of carboxylic acid groups (broad SMARTS) is 1. The number of nitrogens with two attached hydrogens (primary N) is 1. The minimum atomic E-state index is -0.884. The minimum Gasteiger partial charge on any atom is -0.480 e. The van der Waals surface area contributed by atoms with Gasteiger partial charge >= 0.3 is 5.97 Å². The fraction of sp³-hybridized carbons (Fsp3) is 0.545. The van der Waals surface area contributed by atoms with Crippen LogP contribution in [0.15, 0.2) is 40.9 Å². The van der Waals surface area contributed by atoms with Gasteiger partial charge in [-0.2, -0.15) is 0 Å². The summed E-state index contributed by atoms with van der Waals surface area (Å²) in [6.07, 6.45) is 10.6. The third kappa shape index (κ3) is 11.6. The lowest BCUT2D eigenvalue weighted by Crippen LogP contribution is -2.19. The molecule has 0 aliphatic rings. The lowest BCUT2D eigenvalue weighted by molar-refractivity contribution is -0.138. The van der Waals surface area contributed by atoms with E-state index in [9.17, 15) is 9.90 Å². The molecule has 4 nitrogen and oxygen atoms in total. The Kier molecular flexibility index (Phi) is 15.3. The highest BCUT2D eigenvalue weighted by molar-refractivity contribution is 5.87. The van der Waals surface area contributed by atoms with E-state index in [2.05, 4.69) is 18.0 Å². The van der Waals surface area contributed by atoms with Crippen LogP contribution < -0.4 is 5.73 Å². The van der Waals surface area contributed by atoms with E-state index in [1.807, 2.05) is 44.2 Å². The van der Waals surface area contributed by atoms with Gasteiger partial charge < -0.3 is 10.8 Å². The molecule has 0 fully saturated rings. The normalized spacial score (nSPS) is 12.5. The molecule has 0 amide bonds. The maximum atomic E-state index is 11.3. The smallest absolute Gasteiger partial charge is 0.328 e. The SMILES string of the molecule is CC.CCCCCC/C(C=NC(CCCN)C(=O)O)=C\c1ccccc1. The van der Waals surface area contributed by atoms with E-state index in [-0.39, 0.29) is 0 Å². The lowest BCUT2D eigenvalue weighted by atomic mass is 10.0. The third-order valence-electron chi connectivity index (χ3n) is 3.86. The van der Waals surface area contributed by atoms with Crippen LogP contribution in [0.25, 0.3) is 6.08 Å². The van der Waals surface area contributed by atoms with Gasteiger partial charge in [0.1, 0.15) is 6.04 Å². The summed E-state index contributed by atoms with van der Waals surface area (Å²) in [6.45, 7) is 6.68. The summed E-state index contributed by atoms with van der Waals surface area (Å²) in [5.41, 5.74) is 7.67. The standard InChI is InChI=1S/C20H30N2O2.C2H6/c1-2-3-4-6-12-18(15-17-10-7-5-8-11-17)16-22-19(20(23)24)13-9-14-21;1-2/h5,7-8,10-11,15-16,19H,2-4,6,9,12-14,21H2,1H3,(H,23,24);1-2H3/b18-15+,22-16?;. The van der Waals surface area contributed by atoms with Crippen LogP contribution in [0.3, 0.4) is 0 Å². The summed E-state index contributed by atoms with van der Waals surface area (Å²) < 4.78 is 0. The van der Waals surface area contributed by atoms with Gasteiger partial charge in [0.2, 0.25) is 0 Å². The van der Waals surface area contributed by atoms with Crippen molar-refractivity contribution in [1.82, 2.24) is 0 Å². The molecule has 0 saturated heterocycles. The molecule has 1 rings (SSSR count). The van der Waals surface area contributed by atoms with Crippen LogP contribution >= 0.6 is 0 Å². The van der Waals surface area contributed by atoms with Gasteiger partial charge in [-0.15, -0.1) is 0 Å². The van der Waals surface area contributed by atoms with Crippen molar-refractivity contribution >= 4 is 18.3 Å². The molecule has 0 aliphatic heterocycles. The van der Waals surface area contributed by atoms with Gasteiger partial charge in [-0.3, -0.25) is 4.99 Å². The molecular formula is C22H36N2O2. The zero-order valence-corrected chi connectivity index (χ0v) is 16.7. The number of nitrogens with zero attached hydrogens (tertiary/aromatic N) is 1. The van der Waals surface area contributed by atoms with E-state index in [0.717, 1.165) is 24.0 Å². The first-order valence-electron chi connectivity index (χ1n) is 9.89. The fourth-order valence-corrected chi connectivity index (χ4v) is 2.45. The Morgan fingerprint density at radius 3 is 2.42 bits per heavy atom. The van der Waals surface area contributed by atoms with Crippen molar-refractivity contribution in [3.05, 3.63) is 41.5 Å². The number of allylic oxidation sites excluding steroid dienone is 1. The molecule has 1 unspecified atom stereocenters. The van der Waals surface area contributed by atoms with E-state index < -0.39 is 12.0 Å². The van der Waals surface area contributed by atoms with Crippen molar-refractivity contribution < 1.29 is 9.90 Å². The molecule has 0 aromatic heterocycles. The number of hydrogen-bond donors (Lipinski definition) is 2. The van der Waals surface area contributed by atoms with Gasteiger partial charge in [0.25, 0.3) is 0 Å². The summed E-state index contributed by atoms with van der Waals surface area (Å²) in [7, 11) is 0. The highest BCUT2D eigenvalue weighted by atomic mass is 16.4. The maximum Gasteiger partial charge on any atom is 0.328 e. The molecule has 1 atom stereocenters. The number of aliphatic imine (C=N–C) groups is 1. The van der Waals surface area contributed by atoms with E-state index in [1.54, 1.807) is 6.21 Å². The Labute approximate surface area is 159 Å². The van der Waals surface area contributed by atoms with Gasteiger partial charge in [0, 0.05) is 6.21 Å². The first kappa shape index (κ1) is 24.1. The maximum absolute atomic E-state index is 11.3. The Morgan fingerprint density at radius 1 is 1.15 bits per heavy atom. The van der Waals surface area contributed by atoms with Gasteiger partial charge in [-0.25, -0.2) is 4.79 Å². The molecule has 0 saturated carbocycles. The monoisotopic (exact) mass is 360 g/mol. The first-order valence-corrected chi connectivity index (χ1v) is 9.89. The first-order chi connectivity index (χ1) is 12.7. The van der Waals surface area contributed by atoms with Crippen LogP contribution in [0.1, 0.15) is 71.3 Å². The molecule has 146 valence electrons. The third-order valence-corrected chi connectivity index (χ3v) is 3.86. The van der Waals surface area contributed by atoms with Crippen LogP contribution in [-0.4, -0.2) is 29.9 Å². The minimum absolute atomic E-state index is 0.483. The average molecular weight is 361 g/mol. The summed E-state index contributed by atoms with van der Waals surface area (Å²) >= 11 is 0. The van der Waals surface area contributed by atoms with Crippen molar-refractivity contribution in [1.29, 1.82) is 0 Å². The van der Waals surface area contributed by atoms with Crippen molar-refractivity contribution in [3.8, 4) is 0 Å². The molecule has 0 spiro atoms. The summed E-state index contributed by atoms with van der Waals surface area (Å²) in [6, 6.07) is 9.37. The number of carbonyl (C=O) groups is 1. The molecule has 1 aromatic carbocycles. The Hall–Kier alpha value is -1.94. The second kappa shape index (κ2) is 16.5. The molecule has 1 aromatic rings. The lowest BCUT2D eigenvalue weighted by Gasteiger charge is -2.08. The summed E-state index contributed by atoms with van der Waals surface area (Å²) in [5, 5.41) is 9.27. The predicted molar refractivity (Wildman–Crippen MR) is 113 cm³/mol. The zero-order valence-electron chi connectivity index (χ0n) is 16.7. The molecule has 3 N–H and O–H groups in total. The molecule has 0 radical (unpaired) electrons. The van der Waals surface area contributed by atoms with Crippen LogP contribution in [-0.2, 0) is 4.79 Å². The van der Waals surface area contributed by atoms with Crippen LogP contribution in [0.4, 0.5) is 0 Å². The highest BCUT2D eigenvalue weighted by Crippen LogP contribution is 2.14. The Balaban J connectivity index is 0.00000301. The van der Waals surface area contributed by atoms with E-state index in [4.69, 9.17) is 5.73 Å². The van der Waals surface area contributed by atoms with E-state index >= 15 is 0 Å². The number of rotatable bonds is 12. The second-order valence-corrected chi connectivity index (χ2v) is 6.00. The Bertz CT molecular complexity index is 524. The predicted octanol–water partition coefficient (Wildman–Crippen LogP) is 5.33. The number of carboxylic acids is 1. The van der Waals surface area contributed by atoms with E-state index in [0.29, 0.717) is 19.4 Å². The fourth-order valence-electron chi connectivity index (χ4n) is 2.45. The topological polar surface area (TPSA) is 75.7 Å². The van der Waals surface area contributed by atoms with Crippen LogP contribution in [0, 0.1) is 0 Å². The van der Waals surface area contributed by atoms with Gasteiger partial charge in [-0.1, -0.05) is 76.4 Å². The highest BCUT2D eigenvalue weighted by Gasteiger charge is 2.14. The quantitative estimate of drug-likeness (QED) is 0.391. The molecule has 0 bridgehead atoms. The van der Waals surface area contributed by atoms with Gasteiger partial charge in [0.05, 0.1) is 0 Å². The van der Waals surface area contributed by atoms with Crippen molar-refractivity contribution in [2.75, 3.05) is 6.54 Å². The molecule has 0 aliphatic carbocycles. The number of unbranched alkanes of at least 4 members (excludes halogenated alkanes) is 3. The van der Waals surface area contributed by atoms with Crippen molar-refractivity contribution in [3.63, 3.8) is 0 Å². The zero-order chi connectivity index (χ0) is 19.6. The van der Waals surface area contributed by atoms with Crippen molar-refractivity contribution in [2.45, 2.75) is 71.8 Å². The Morgan fingerprint density at radius 2 is 1.85 bits per heavy atom. The largest absolute Gasteiger partial charge is 0.480 e. The van der Waals surface area contributed by atoms with Gasteiger partial charge in [0.15, 0.2) is 0 Å². The average Bonchev–Trinajstić information content (AvgIpc) is 2.67. The van der Waals surface area contributed by atoms with Gasteiger partial charge in [-0.05, 0) is 43.4 Å². The molecule has 0 heterocycles. The molecule has 26 heavy (non-hydrogen) atoms. The number of benzene rings is 1. The van der Waals surface area contributed by atoms with Crippen LogP contribution in [0.2, 0.25) is 0 Å². The van der Waals surface area contributed by atoms with E-state index in [1.165, 1.54) is 19.3 Å². The number of aliphatic carboxylic acids is 1.